The summed E-state index contributed by atoms with van der Waals surface area (Å²) in [4.78, 5) is 14.2. The number of β-amino-alcohol motifs (C(OH)–C–C–N with tert-alkyl or cyclic N) is 1. The average molecular weight is 440 g/mol. The highest BCUT2D eigenvalue weighted by atomic mass is 16.5. The van der Waals surface area contributed by atoms with Gasteiger partial charge in [-0.2, -0.15) is 0 Å². The topological polar surface area (TPSA) is 81.4 Å². The average Bonchev–Trinajstić information content (AvgIpc) is 2.80. The monoisotopic (exact) mass is 439 g/mol. The van der Waals surface area contributed by atoms with Crippen LogP contribution in [0.2, 0.25) is 0 Å². The van der Waals surface area contributed by atoms with Gasteiger partial charge in [0.1, 0.15) is 24.0 Å². The van der Waals surface area contributed by atoms with Crippen molar-refractivity contribution in [3.8, 4) is 17.2 Å². The molecule has 0 fully saturated rings. The lowest BCUT2D eigenvalue weighted by Crippen LogP contribution is -2.38. The Kier molecular flexibility index (Phi) is 6.39. The van der Waals surface area contributed by atoms with Crippen LogP contribution in [0, 0.1) is 13.8 Å². The molecule has 0 saturated carbocycles. The zero-order valence-electron chi connectivity index (χ0n) is 18.9. The van der Waals surface area contributed by atoms with Crippen LogP contribution in [0.3, 0.4) is 0 Å². The maximum Gasteiger partial charge on any atom is 0.339 e. The lowest BCUT2D eigenvalue weighted by Gasteiger charge is -2.31. The van der Waals surface area contributed by atoms with Crippen LogP contribution in [0.5, 0.6) is 17.2 Å². The maximum atomic E-state index is 11.9. The molecule has 0 amide bonds. The third-order valence-corrected chi connectivity index (χ3v) is 6.14. The van der Waals surface area contributed by atoms with Crippen LogP contribution in [-0.2, 0) is 13.0 Å². The first-order valence-electron chi connectivity index (χ1n) is 10.7. The van der Waals surface area contributed by atoms with E-state index in [2.05, 4.69) is 4.90 Å². The summed E-state index contributed by atoms with van der Waals surface area (Å²) in [5.41, 5.74) is 4.09. The zero-order chi connectivity index (χ0) is 22.8. The fourth-order valence-electron chi connectivity index (χ4n) is 4.16. The van der Waals surface area contributed by atoms with Gasteiger partial charge in [-0.25, -0.2) is 4.79 Å². The number of ether oxygens (including phenoxy) is 3. The first-order valence-corrected chi connectivity index (χ1v) is 10.7. The Bertz CT molecular complexity index is 1190. The van der Waals surface area contributed by atoms with Gasteiger partial charge >= 0.3 is 5.63 Å². The lowest BCUT2D eigenvalue weighted by molar-refractivity contribution is 0.0637. The summed E-state index contributed by atoms with van der Waals surface area (Å²) in [6.45, 7) is 5.88. The number of aryl methyl sites for hydroxylation is 1. The molecule has 0 radical (unpaired) electrons. The number of hydrogen-bond acceptors (Lipinski definition) is 7. The van der Waals surface area contributed by atoms with E-state index in [0.29, 0.717) is 29.2 Å². The summed E-state index contributed by atoms with van der Waals surface area (Å²) < 4.78 is 22.0. The predicted octanol–water partition coefficient (Wildman–Crippen LogP) is 3.23. The second-order valence-corrected chi connectivity index (χ2v) is 8.22. The molecular formula is C25H29NO6. The van der Waals surface area contributed by atoms with Crippen LogP contribution >= 0.6 is 0 Å². The molecule has 0 spiro atoms. The Hall–Kier alpha value is -3.03. The molecule has 3 aromatic rings. The number of hydrogen-bond donors (Lipinski definition) is 1. The van der Waals surface area contributed by atoms with Crippen molar-refractivity contribution in [3.63, 3.8) is 0 Å². The van der Waals surface area contributed by atoms with E-state index in [-0.39, 0.29) is 12.2 Å². The Morgan fingerprint density at radius 3 is 2.50 bits per heavy atom. The molecule has 1 atom stereocenters. The second kappa shape index (κ2) is 9.22. The maximum absolute atomic E-state index is 11.9. The van der Waals surface area contributed by atoms with Gasteiger partial charge in [-0.05, 0) is 61.2 Å². The number of aliphatic hydroxyl groups is 1. The van der Waals surface area contributed by atoms with Crippen molar-refractivity contribution in [3.05, 3.63) is 63.0 Å². The van der Waals surface area contributed by atoms with Crippen molar-refractivity contribution < 1.29 is 23.7 Å². The standard InChI is InChI=1S/C25H29NO6/c1-15-16(2)25(28)32-22-11-20(5-6-21(15)22)31-14-19(27)13-26-8-7-17-9-23(29-3)24(30-4)10-18(17)12-26/h5-6,9-11,19,27H,7-8,12-14H2,1-4H3/t19-/m0/s1. The van der Waals surface area contributed by atoms with Crippen molar-refractivity contribution in [2.24, 2.45) is 0 Å². The van der Waals surface area contributed by atoms with E-state index in [1.165, 1.54) is 11.1 Å². The molecule has 2 aromatic carbocycles. The van der Waals surface area contributed by atoms with Gasteiger partial charge in [0.15, 0.2) is 11.5 Å². The van der Waals surface area contributed by atoms with E-state index < -0.39 is 6.10 Å². The molecule has 1 aromatic heterocycles. The van der Waals surface area contributed by atoms with Crippen molar-refractivity contribution in [2.45, 2.75) is 32.9 Å². The van der Waals surface area contributed by atoms with Crippen LogP contribution in [-0.4, -0.2) is 50.0 Å². The van der Waals surface area contributed by atoms with Crippen molar-refractivity contribution in [1.82, 2.24) is 4.90 Å². The van der Waals surface area contributed by atoms with Gasteiger partial charge in [-0.3, -0.25) is 4.90 Å². The van der Waals surface area contributed by atoms with Crippen LogP contribution in [0.25, 0.3) is 11.0 Å². The molecule has 0 saturated heterocycles. The van der Waals surface area contributed by atoms with Gasteiger partial charge in [-0.15, -0.1) is 0 Å². The minimum atomic E-state index is -0.654. The van der Waals surface area contributed by atoms with Crippen molar-refractivity contribution >= 4 is 11.0 Å². The van der Waals surface area contributed by atoms with E-state index in [9.17, 15) is 9.90 Å². The van der Waals surface area contributed by atoms with Gasteiger partial charge in [0, 0.05) is 36.7 Å². The van der Waals surface area contributed by atoms with Gasteiger partial charge < -0.3 is 23.7 Å². The summed E-state index contributed by atoms with van der Waals surface area (Å²) >= 11 is 0. The predicted molar refractivity (Wildman–Crippen MR) is 122 cm³/mol. The molecule has 170 valence electrons. The number of rotatable bonds is 7. The summed E-state index contributed by atoms with van der Waals surface area (Å²) in [6, 6.07) is 9.46. The van der Waals surface area contributed by atoms with Crippen LogP contribution in [0.4, 0.5) is 0 Å². The number of nitrogens with zero attached hydrogens (tertiary/aromatic N) is 1. The number of fused-ring (bicyclic) bond motifs is 2. The Morgan fingerprint density at radius 2 is 1.78 bits per heavy atom. The van der Waals surface area contributed by atoms with Crippen molar-refractivity contribution in [2.75, 3.05) is 33.9 Å². The molecule has 0 aliphatic carbocycles. The quantitative estimate of drug-likeness (QED) is 0.566. The van der Waals surface area contributed by atoms with Gasteiger partial charge in [0.25, 0.3) is 0 Å². The fraction of sp³-hybridized carbons (Fsp3) is 0.400. The van der Waals surface area contributed by atoms with E-state index >= 15 is 0 Å². The van der Waals surface area contributed by atoms with Crippen LogP contribution < -0.4 is 19.8 Å². The number of methoxy groups -OCH3 is 2. The summed E-state index contributed by atoms with van der Waals surface area (Å²) in [6.07, 6.45) is 0.227. The van der Waals surface area contributed by atoms with E-state index in [0.717, 1.165) is 36.2 Å². The molecule has 1 aliphatic rings. The van der Waals surface area contributed by atoms with E-state index in [4.69, 9.17) is 18.6 Å². The molecule has 2 heterocycles. The first-order chi connectivity index (χ1) is 15.4. The van der Waals surface area contributed by atoms with Crippen LogP contribution in [0.15, 0.2) is 39.5 Å². The van der Waals surface area contributed by atoms with E-state index in [1.54, 1.807) is 27.2 Å². The highest BCUT2D eigenvalue weighted by Gasteiger charge is 2.21. The largest absolute Gasteiger partial charge is 0.493 e. The third-order valence-electron chi connectivity index (χ3n) is 6.14. The number of benzene rings is 2. The summed E-state index contributed by atoms with van der Waals surface area (Å²) in [7, 11) is 3.27. The molecule has 4 rings (SSSR count). The highest BCUT2D eigenvalue weighted by Crippen LogP contribution is 2.33. The van der Waals surface area contributed by atoms with Crippen LogP contribution in [0.1, 0.15) is 22.3 Å². The molecule has 1 aliphatic heterocycles. The Morgan fingerprint density at radius 1 is 1.06 bits per heavy atom. The molecule has 0 unspecified atom stereocenters. The van der Waals surface area contributed by atoms with Gasteiger partial charge in [0.2, 0.25) is 0 Å². The smallest absolute Gasteiger partial charge is 0.339 e. The lowest BCUT2D eigenvalue weighted by atomic mass is 9.98. The van der Waals surface area contributed by atoms with Gasteiger partial charge in [-0.1, -0.05) is 0 Å². The Balaban J connectivity index is 1.38. The minimum absolute atomic E-state index is 0.149. The molecule has 32 heavy (non-hydrogen) atoms. The summed E-state index contributed by atoms with van der Waals surface area (Å²) in [5, 5.41) is 11.4. The fourth-order valence-corrected chi connectivity index (χ4v) is 4.16. The van der Waals surface area contributed by atoms with E-state index in [1.807, 2.05) is 31.2 Å². The zero-order valence-corrected chi connectivity index (χ0v) is 18.9. The normalized spacial score (nSPS) is 14.8. The third kappa shape index (κ3) is 4.45. The second-order valence-electron chi connectivity index (χ2n) is 8.22. The first kappa shape index (κ1) is 22.2. The molecule has 7 heteroatoms. The SMILES string of the molecule is COc1cc2c(cc1OC)CN(C[C@H](O)COc1ccc3c(C)c(C)c(=O)oc3c1)CC2. The molecule has 7 nitrogen and oxygen atoms in total. The minimum Gasteiger partial charge on any atom is -0.493 e. The number of aliphatic hydroxyl groups excluding tert-OH is 1. The molecule has 0 bridgehead atoms. The van der Waals surface area contributed by atoms with Crippen molar-refractivity contribution in [1.29, 1.82) is 0 Å². The molecular weight excluding hydrogens is 410 g/mol. The highest BCUT2D eigenvalue weighted by molar-refractivity contribution is 5.82. The molecule has 1 N–H and O–H groups in total. The Labute approximate surface area is 187 Å². The van der Waals surface area contributed by atoms with Gasteiger partial charge in [0.05, 0.1) is 14.2 Å². The summed E-state index contributed by atoms with van der Waals surface area (Å²) in [5.74, 6) is 2.01.